The molecule has 0 aromatic heterocycles. The van der Waals surface area contributed by atoms with E-state index in [2.05, 4.69) is 49.8 Å². The maximum Gasteiger partial charge on any atom is 0.245 e. The summed E-state index contributed by atoms with van der Waals surface area (Å²) in [5.74, 6) is -10.4. The van der Waals surface area contributed by atoms with Gasteiger partial charge in [0.2, 0.25) is 65.0 Å². The Balaban J connectivity index is 2.43. The molecule has 0 heterocycles. The summed E-state index contributed by atoms with van der Waals surface area (Å²) in [7, 11) is 0. The fourth-order valence-electron chi connectivity index (χ4n) is 7.15. The lowest BCUT2D eigenvalue weighted by Crippen LogP contribution is -2.60. The van der Waals surface area contributed by atoms with Gasteiger partial charge in [-0.3, -0.25) is 52.7 Å². The Morgan fingerprint density at radius 1 is 0.597 bits per heavy atom. The molecule has 0 unspecified atom stereocenters. The third kappa shape index (κ3) is 22.3. The first-order valence-corrected chi connectivity index (χ1v) is 24.2. The highest BCUT2D eigenvalue weighted by atomic mass is 32.1. The Morgan fingerprint density at radius 2 is 1.18 bits per heavy atom. The van der Waals surface area contributed by atoms with Crippen LogP contribution < -0.4 is 54.4 Å². The molecule has 2 rings (SSSR count). The van der Waals surface area contributed by atoms with Crippen LogP contribution in [-0.2, 0) is 65.7 Å². The Hall–Kier alpha value is -7.11. The second-order valence-corrected chi connectivity index (χ2v) is 18.1. The molecule has 0 spiro atoms. The molecular formula is C48H70FN11O11S. The smallest absolute Gasteiger partial charge is 0.245 e. The van der Waals surface area contributed by atoms with Gasteiger partial charge in [0.25, 0.3) is 0 Å². The number of hydrogen-bond donors (Lipinski definition) is 11. The lowest BCUT2D eigenvalue weighted by atomic mass is 9.96. The van der Waals surface area contributed by atoms with Gasteiger partial charge in [0, 0.05) is 25.8 Å². The monoisotopic (exact) mass is 1030 g/mol. The number of primary amides is 3. The molecule has 0 aliphatic heterocycles. The van der Waals surface area contributed by atoms with Gasteiger partial charge in [-0.15, -0.1) is 0 Å². The van der Waals surface area contributed by atoms with E-state index in [9.17, 15) is 57.1 Å². The standard InChI is InChI=1S/C48H70FN11O11S/c1-6-28(5)42(59-46(69)35(54-40(64)19-20-72)22-29-11-9-8-10-12-29)47(70)57-33(17-18-37(50)61)44(67)58-36(23-38(51)62)45(68)56-32(7-2)48(71)60(25-30-13-15-31(49)16-14-30)26-41(65)55-34(21-27(3)4)43(66)53-24-39(52)63/h8-16,27-28,32-36,42,72H,6-7,17-26H2,1-5H3,(H2,50,61)(H2,51,62)(H2,52,63)(H,53,66)(H,54,64)(H,55,65)(H,56,68)(H,57,70)(H,58,67)(H,59,69)/t28-,32+,33-,34-,35-,36-,42-/m0/s1. The fourth-order valence-corrected chi connectivity index (χ4v) is 7.35. The minimum absolute atomic E-state index is 0.0104. The number of nitrogens with one attached hydrogen (secondary N) is 7. The van der Waals surface area contributed by atoms with E-state index in [4.69, 9.17) is 17.2 Å². The first kappa shape index (κ1) is 61.0. The van der Waals surface area contributed by atoms with E-state index in [1.54, 1.807) is 58.0 Å². The van der Waals surface area contributed by atoms with Crippen molar-refractivity contribution in [3.05, 3.63) is 71.5 Å². The summed E-state index contributed by atoms with van der Waals surface area (Å²) in [5.41, 5.74) is 17.2. The van der Waals surface area contributed by atoms with Gasteiger partial charge in [-0.1, -0.05) is 83.5 Å². The van der Waals surface area contributed by atoms with Crippen LogP contribution in [0.2, 0.25) is 0 Å². The molecule has 0 saturated carbocycles. The summed E-state index contributed by atoms with van der Waals surface area (Å²) in [6.07, 6.45) is -1.21. The number of carbonyl (C=O) groups is 11. The zero-order valence-corrected chi connectivity index (χ0v) is 42.2. The number of nitrogens with two attached hydrogens (primary N) is 3. The number of hydrogen-bond acceptors (Lipinski definition) is 12. The molecule has 0 saturated heterocycles. The van der Waals surface area contributed by atoms with Crippen molar-refractivity contribution in [2.24, 2.45) is 29.0 Å². The summed E-state index contributed by atoms with van der Waals surface area (Å²) in [5, 5.41) is 17.7. The van der Waals surface area contributed by atoms with Crippen LogP contribution in [0.5, 0.6) is 0 Å². The minimum atomic E-state index is -1.78. The van der Waals surface area contributed by atoms with Gasteiger partial charge in [-0.2, -0.15) is 12.6 Å². The summed E-state index contributed by atoms with van der Waals surface area (Å²) in [4.78, 5) is 146. The van der Waals surface area contributed by atoms with Crippen LogP contribution in [0, 0.1) is 17.7 Å². The van der Waals surface area contributed by atoms with Crippen molar-refractivity contribution >= 4 is 77.6 Å². The molecule has 2 aromatic carbocycles. The van der Waals surface area contributed by atoms with Gasteiger partial charge in [0.1, 0.15) is 42.1 Å². The van der Waals surface area contributed by atoms with Crippen molar-refractivity contribution in [3.63, 3.8) is 0 Å². The molecule has 396 valence electrons. The predicted octanol–water partition coefficient (Wildman–Crippen LogP) is -1.13. The van der Waals surface area contributed by atoms with Gasteiger partial charge in [0.05, 0.1) is 19.5 Å². The van der Waals surface area contributed by atoms with E-state index in [1.807, 2.05) is 0 Å². The van der Waals surface area contributed by atoms with E-state index >= 15 is 0 Å². The molecule has 0 radical (unpaired) electrons. The second-order valence-electron chi connectivity index (χ2n) is 17.7. The second kappa shape index (κ2) is 31.3. The highest BCUT2D eigenvalue weighted by molar-refractivity contribution is 7.80. The number of nitrogens with zero attached hydrogens (tertiary/aromatic N) is 1. The van der Waals surface area contributed by atoms with Crippen LogP contribution in [0.25, 0.3) is 0 Å². The molecule has 7 atom stereocenters. The van der Waals surface area contributed by atoms with Crippen molar-refractivity contribution in [2.75, 3.05) is 18.8 Å². The van der Waals surface area contributed by atoms with Crippen LogP contribution in [0.15, 0.2) is 54.6 Å². The van der Waals surface area contributed by atoms with Crippen molar-refractivity contribution in [2.45, 2.75) is 129 Å². The van der Waals surface area contributed by atoms with E-state index in [1.165, 1.54) is 19.1 Å². The van der Waals surface area contributed by atoms with Crippen molar-refractivity contribution in [3.8, 4) is 0 Å². The molecule has 24 heteroatoms. The number of thiol groups is 1. The Bertz CT molecular complexity index is 2200. The first-order valence-electron chi connectivity index (χ1n) is 23.6. The van der Waals surface area contributed by atoms with Crippen molar-refractivity contribution < 1.29 is 57.1 Å². The average Bonchev–Trinajstić information content (AvgIpc) is 3.32. The third-order valence-corrected chi connectivity index (χ3v) is 11.4. The van der Waals surface area contributed by atoms with Crippen LogP contribution in [0.3, 0.4) is 0 Å². The lowest BCUT2D eigenvalue weighted by Gasteiger charge is -2.30. The summed E-state index contributed by atoms with van der Waals surface area (Å²) < 4.78 is 13.9. The lowest BCUT2D eigenvalue weighted by molar-refractivity contribution is -0.141. The predicted molar refractivity (Wildman–Crippen MR) is 266 cm³/mol. The van der Waals surface area contributed by atoms with Gasteiger partial charge >= 0.3 is 0 Å². The molecule has 0 bridgehead atoms. The third-order valence-electron chi connectivity index (χ3n) is 11.2. The van der Waals surface area contributed by atoms with Gasteiger partial charge in [-0.05, 0) is 60.1 Å². The van der Waals surface area contributed by atoms with Crippen LogP contribution in [0.4, 0.5) is 4.39 Å². The maximum atomic E-state index is 14.3. The Labute approximate surface area is 423 Å². The molecule has 0 aliphatic carbocycles. The van der Waals surface area contributed by atoms with Crippen molar-refractivity contribution in [1.82, 2.24) is 42.1 Å². The van der Waals surface area contributed by atoms with Crippen LogP contribution in [0.1, 0.15) is 90.7 Å². The van der Waals surface area contributed by atoms with E-state index < -0.39 is 145 Å². The van der Waals surface area contributed by atoms with Gasteiger partial charge in [0.15, 0.2) is 0 Å². The molecule has 0 aliphatic rings. The number of amides is 11. The molecular weight excluding hydrogens is 958 g/mol. The molecule has 13 N–H and O–H groups in total. The van der Waals surface area contributed by atoms with E-state index in [0.717, 1.165) is 17.0 Å². The average molecular weight is 1030 g/mol. The van der Waals surface area contributed by atoms with E-state index in [-0.39, 0.29) is 43.9 Å². The molecule has 11 amide bonds. The largest absolute Gasteiger partial charge is 0.370 e. The van der Waals surface area contributed by atoms with Gasteiger partial charge < -0.3 is 59.3 Å². The highest BCUT2D eigenvalue weighted by Gasteiger charge is 2.36. The van der Waals surface area contributed by atoms with Crippen LogP contribution in [-0.4, -0.2) is 125 Å². The summed E-state index contributed by atoms with van der Waals surface area (Å²) in [6.45, 7) is 7.04. The highest BCUT2D eigenvalue weighted by Crippen LogP contribution is 2.14. The SMILES string of the molecule is CC[C@@H](NC(=O)[C@H](CC(N)=O)NC(=O)[C@H](CCC(N)=O)NC(=O)[C@@H](NC(=O)[C@H](Cc1ccccc1)NC(=O)CCS)[C@@H](C)CC)C(=O)N(CC(=O)N[C@@H](CC(C)C)C(=O)NCC(N)=O)Cc1ccc(F)cc1. The summed E-state index contributed by atoms with van der Waals surface area (Å²) in [6, 6.07) is 5.44. The normalized spacial score (nSPS) is 13.8. The van der Waals surface area contributed by atoms with Gasteiger partial charge in [-0.25, -0.2) is 4.39 Å². The molecule has 2 aromatic rings. The number of benzene rings is 2. The van der Waals surface area contributed by atoms with Crippen molar-refractivity contribution in [1.29, 1.82) is 0 Å². The topological polar surface area (TPSA) is 353 Å². The van der Waals surface area contributed by atoms with E-state index in [0.29, 0.717) is 17.5 Å². The quantitative estimate of drug-likeness (QED) is 0.0390. The fraction of sp³-hybridized carbons (Fsp3) is 0.521. The van der Waals surface area contributed by atoms with Crippen LogP contribution >= 0.6 is 12.6 Å². The molecule has 0 fully saturated rings. The first-order chi connectivity index (χ1) is 34.0. The maximum absolute atomic E-state index is 14.3. The zero-order chi connectivity index (χ0) is 54.1. The zero-order valence-electron chi connectivity index (χ0n) is 41.3. The minimum Gasteiger partial charge on any atom is -0.370 e. The Morgan fingerprint density at radius 3 is 1.74 bits per heavy atom. The molecule has 22 nitrogen and oxygen atoms in total. The Kier molecular flexibility index (Phi) is 26.5. The number of halogens is 1. The number of carbonyl (C=O) groups excluding carboxylic acids is 11. The number of rotatable bonds is 32. The summed E-state index contributed by atoms with van der Waals surface area (Å²) >= 11 is 4.10. The molecule has 72 heavy (non-hydrogen) atoms.